The first-order valence-electron chi connectivity index (χ1n) is 7.55. The summed E-state index contributed by atoms with van der Waals surface area (Å²) in [6.45, 7) is -2.98. The van der Waals surface area contributed by atoms with Crippen molar-refractivity contribution >= 4 is 11.9 Å². The van der Waals surface area contributed by atoms with Crippen LogP contribution in [0.4, 0.5) is 8.78 Å². The molecule has 0 saturated heterocycles. The van der Waals surface area contributed by atoms with Gasteiger partial charge in [-0.2, -0.15) is 8.78 Å². The Balaban J connectivity index is 2.20. The molecule has 138 valence electrons. The molecule has 0 atom stereocenters. The quantitative estimate of drug-likeness (QED) is 0.519. The van der Waals surface area contributed by atoms with Crippen LogP contribution in [0.2, 0.25) is 0 Å². The molecule has 2 aromatic rings. The van der Waals surface area contributed by atoms with Gasteiger partial charge in [-0.25, -0.2) is 0 Å². The molecule has 0 bridgehead atoms. The molecular formula is C19H18F2O5. The second kappa shape index (κ2) is 8.84. The van der Waals surface area contributed by atoms with Gasteiger partial charge in [-0.1, -0.05) is 12.1 Å². The van der Waals surface area contributed by atoms with Crippen molar-refractivity contribution in [2.24, 2.45) is 0 Å². The van der Waals surface area contributed by atoms with E-state index in [-0.39, 0.29) is 22.8 Å². The number of hydrogen-bond acceptors (Lipinski definition) is 5. The Morgan fingerprint density at radius 2 is 1.50 bits per heavy atom. The predicted molar refractivity (Wildman–Crippen MR) is 92.5 cm³/mol. The number of carbonyl (C=O) groups excluding carboxylic acids is 1. The summed E-state index contributed by atoms with van der Waals surface area (Å²) in [5, 5.41) is 0. The lowest BCUT2D eigenvalue weighted by molar-refractivity contribution is -0.0512. The Hall–Kier alpha value is -3.09. The molecule has 0 unspecified atom stereocenters. The van der Waals surface area contributed by atoms with E-state index < -0.39 is 6.61 Å². The predicted octanol–water partition coefficient (Wildman–Crippen LogP) is 4.21. The minimum Gasteiger partial charge on any atom is -0.493 e. The minimum atomic E-state index is -2.98. The molecule has 0 spiro atoms. The van der Waals surface area contributed by atoms with Gasteiger partial charge >= 0.3 is 6.61 Å². The summed E-state index contributed by atoms with van der Waals surface area (Å²) in [6.07, 6.45) is 2.98. The average Bonchev–Trinajstić information content (AvgIpc) is 2.65. The van der Waals surface area contributed by atoms with Crippen LogP contribution in [0.3, 0.4) is 0 Å². The van der Waals surface area contributed by atoms with Crippen molar-refractivity contribution in [2.45, 2.75) is 6.61 Å². The lowest BCUT2D eigenvalue weighted by Crippen LogP contribution is -2.04. The van der Waals surface area contributed by atoms with Crippen LogP contribution in [-0.2, 0) is 0 Å². The van der Waals surface area contributed by atoms with Crippen LogP contribution in [0.1, 0.15) is 15.9 Å². The van der Waals surface area contributed by atoms with Crippen molar-refractivity contribution in [3.05, 3.63) is 53.6 Å². The maximum atomic E-state index is 12.3. The number of rotatable bonds is 8. The highest BCUT2D eigenvalue weighted by Gasteiger charge is 2.13. The molecule has 0 saturated carbocycles. The maximum Gasteiger partial charge on any atom is 0.387 e. The average molecular weight is 364 g/mol. The van der Waals surface area contributed by atoms with Gasteiger partial charge in [-0.3, -0.25) is 4.79 Å². The fourth-order valence-corrected chi connectivity index (χ4v) is 2.24. The first-order chi connectivity index (χ1) is 12.5. The van der Waals surface area contributed by atoms with E-state index in [2.05, 4.69) is 4.74 Å². The molecule has 0 aliphatic rings. The molecule has 0 heterocycles. The molecule has 0 radical (unpaired) electrons. The van der Waals surface area contributed by atoms with Crippen LogP contribution in [0.25, 0.3) is 6.08 Å². The van der Waals surface area contributed by atoms with Gasteiger partial charge in [0.1, 0.15) is 0 Å². The van der Waals surface area contributed by atoms with Gasteiger partial charge < -0.3 is 18.9 Å². The van der Waals surface area contributed by atoms with Crippen molar-refractivity contribution in [3.8, 4) is 23.0 Å². The van der Waals surface area contributed by atoms with Crippen molar-refractivity contribution in [1.82, 2.24) is 0 Å². The van der Waals surface area contributed by atoms with Crippen LogP contribution in [0.15, 0.2) is 42.5 Å². The zero-order chi connectivity index (χ0) is 19.1. The highest BCUT2D eigenvalue weighted by molar-refractivity contribution is 6.07. The van der Waals surface area contributed by atoms with E-state index in [9.17, 15) is 13.6 Å². The molecule has 0 aliphatic heterocycles. The van der Waals surface area contributed by atoms with Gasteiger partial charge in [0.2, 0.25) is 0 Å². The van der Waals surface area contributed by atoms with Crippen LogP contribution in [0, 0.1) is 0 Å². The topological polar surface area (TPSA) is 54.0 Å². The fourth-order valence-electron chi connectivity index (χ4n) is 2.24. The summed E-state index contributed by atoms with van der Waals surface area (Å²) < 4.78 is 44.4. The molecule has 5 nitrogen and oxygen atoms in total. The fraction of sp³-hybridized carbons (Fsp3) is 0.211. The summed E-state index contributed by atoms with van der Waals surface area (Å²) in [5.74, 6) is 0.716. The number of alkyl halides is 2. The van der Waals surface area contributed by atoms with Gasteiger partial charge in [0.05, 0.1) is 21.3 Å². The van der Waals surface area contributed by atoms with E-state index in [4.69, 9.17) is 14.2 Å². The zero-order valence-corrected chi connectivity index (χ0v) is 14.5. The zero-order valence-electron chi connectivity index (χ0n) is 14.5. The lowest BCUT2D eigenvalue weighted by Gasteiger charge is -2.10. The summed E-state index contributed by atoms with van der Waals surface area (Å²) in [6, 6.07) is 9.22. The molecule has 26 heavy (non-hydrogen) atoms. The van der Waals surface area contributed by atoms with Gasteiger partial charge in [-0.15, -0.1) is 0 Å². The first-order valence-corrected chi connectivity index (χ1v) is 7.55. The van der Waals surface area contributed by atoms with E-state index >= 15 is 0 Å². The maximum absolute atomic E-state index is 12.3. The van der Waals surface area contributed by atoms with Crippen LogP contribution in [-0.4, -0.2) is 33.7 Å². The van der Waals surface area contributed by atoms with Crippen molar-refractivity contribution in [1.29, 1.82) is 0 Å². The molecule has 2 rings (SSSR count). The van der Waals surface area contributed by atoms with Crippen LogP contribution < -0.4 is 18.9 Å². The third-order valence-electron chi connectivity index (χ3n) is 3.50. The van der Waals surface area contributed by atoms with Gasteiger partial charge in [-0.05, 0) is 42.0 Å². The molecule has 0 aromatic heterocycles. The third-order valence-corrected chi connectivity index (χ3v) is 3.50. The van der Waals surface area contributed by atoms with E-state index in [0.717, 1.165) is 5.56 Å². The molecule has 0 aliphatic carbocycles. The number of ketones is 1. The lowest BCUT2D eigenvalue weighted by atomic mass is 10.1. The minimum absolute atomic E-state index is 0.0515. The van der Waals surface area contributed by atoms with Crippen molar-refractivity contribution < 1.29 is 32.5 Å². The van der Waals surface area contributed by atoms with Gasteiger partial charge in [0.25, 0.3) is 0 Å². The Morgan fingerprint density at radius 3 is 2.12 bits per heavy atom. The molecular weight excluding hydrogens is 346 g/mol. The SMILES string of the molecule is COc1ccc(C=CC(=O)c2ccc(OC(F)F)c(OC)c2)cc1OC. The second-order valence-corrected chi connectivity index (χ2v) is 5.06. The normalized spacial score (nSPS) is 10.8. The van der Waals surface area contributed by atoms with E-state index in [1.54, 1.807) is 24.3 Å². The van der Waals surface area contributed by atoms with E-state index in [1.807, 2.05) is 0 Å². The van der Waals surface area contributed by atoms with Gasteiger partial charge in [0.15, 0.2) is 28.8 Å². The highest BCUT2D eigenvalue weighted by Crippen LogP contribution is 2.30. The number of halogens is 2. The van der Waals surface area contributed by atoms with Crippen molar-refractivity contribution in [3.63, 3.8) is 0 Å². The monoisotopic (exact) mass is 364 g/mol. The first kappa shape index (κ1) is 19.2. The summed E-state index contributed by atoms with van der Waals surface area (Å²) in [5.41, 5.74) is 1.01. The second-order valence-electron chi connectivity index (χ2n) is 5.06. The molecule has 0 fully saturated rings. The molecule has 7 heteroatoms. The molecule has 0 N–H and O–H groups in total. The number of hydrogen-bond donors (Lipinski definition) is 0. The number of carbonyl (C=O) groups is 1. The molecule has 2 aromatic carbocycles. The summed E-state index contributed by atoms with van der Waals surface area (Å²) >= 11 is 0. The highest BCUT2D eigenvalue weighted by atomic mass is 19.3. The number of methoxy groups -OCH3 is 3. The Labute approximate surface area is 149 Å². The Morgan fingerprint density at radius 1 is 0.885 bits per heavy atom. The van der Waals surface area contributed by atoms with Crippen LogP contribution >= 0.6 is 0 Å². The number of ether oxygens (including phenoxy) is 4. The summed E-state index contributed by atoms with van der Waals surface area (Å²) in [4.78, 5) is 12.3. The molecule has 0 amide bonds. The number of benzene rings is 2. The third kappa shape index (κ3) is 4.72. The standard InChI is InChI=1S/C19H18F2O5/c1-23-15-8-5-12(10-17(15)24-2)4-7-14(22)13-6-9-16(26-19(20)21)18(11-13)25-3/h4-11,19H,1-3H3. The van der Waals surface area contributed by atoms with Crippen molar-refractivity contribution in [2.75, 3.05) is 21.3 Å². The van der Waals surface area contributed by atoms with Gasteiger partial charge in [0, 0.05) is 5.56 Å². The summed E-state index contributed by atoms with van der Waals surface area (Å²) in [7, 11) is 4.36. The van der Waals surface area contributed by atoms with Crippen LogP contribution in [0.5, 0.6) is 23.0 Å². The smallest absolute Gasteiger partial charge is 0.387 e. The number of allylic oxidation sites excluding steroid dienone is 1. The van der Waals surface area contributed by atoms with E-state index in [1.165, 1.54) is 45.6 Å². The Kier molecular flexibility index (Phi) is 6.54. The largest absolute Gasteiger partial charge is 0.493 e. The Bertz CT molecular complexity index is 803. The van der Waals surface area contributed by atoms with E-state index in [0.29, 0.717) is 11.5 Å².